The number of carboxylic acid groups (broad SMARTS) is 1. The molecular weight excluding hydrogens is 312 g/mol. The molecule has 100 valence electrons. The van der Waals surface area contributed by atoms with Crippen LogP contribution < -0.4 is 0 Å². The molecule has 0 aliphatic rings. The van der Waals surface area contributed by atoms with Gasteiger partial charge in [0.1, 0.15) is 0 Å². The van der Waals surface area contributed by atoms with Gasteiger partial charge in [-0.15, -0.1) is 5.10 Å². The van der Waals surface area contributed by atoms with Crippen LogP contribution in [0.25, 0.3) is 11.4 Å². The highest BCUT2D eigenvalue weighted by atomic mass is 79.9. The predicted molar refractivity (Wildman–Crippen MR) is 72.5 cm³/mol. The van der Waals surface area contributed by atoms with Gasteiger partial charge in [-0.2, -0.15) is 0 Å². The fourth-order valence-electron chi connectivity index (χ4n) is 1.72. The van der Waals surface area contributed by atoms with Crippen molar-refractivity contribution in [3.05, 3.63) is 28.7 Å². The Hall–Kier alpha value is -1.76. The number of hydrogen-bond donors (Lipinski definition) is 1. The zero-order valence-electron chi connectivity index (χ0n) is 10.5. The summed E-state index contributed by atoms with van der Waals surface area (Å²) in [6.45, 7) is 3.40. The average molecular weight is 325 g/mol. The molecule has 6 nitrogen and oxygen atoms in total. The fourth-order valence-corrected chi connectivity index (χ4v) is 2.12. The topological polar surface area (TPSA) is 80.9 Å². The zero-order chi connectivity index (χ0) is 14.0. The molecule has 2 rings (SSSR count). The smallest absolute Gasteiger partial charge is 0.331 e. The van der Waals surface area contributed by atoms with Gasteiger partial charge in [-0.3, -0.25) is 0 Å². The summed E-state index contributed by atoms with van der Waals surface area (Å²) in [7, 11) is 0. The SMILES string of the molecule is CCC(C)(C(=O)O)n1nnnc1-c1cccc(Br)c1. The standard InChI is InChI=1S/C12H13BrN4O2/c1-3-12(2,11(18)19)17-10(14-15-16-17)8-5-4-6-9(13)7-8/h4-7H,3H2,1-2H3,(H,18,19). The van der Waals surface area contributed by atoms with Crippen molar-refractivity contribution >= 4 is 21.9 Å². The Kier molecular flexibility index (Phi) is 3.66. The normalized spacial score (nSPS) is 14.1. The Balaban J connectivity index is 2.57. The molecule has 0 fully saturated rings. The maximum absolute atomic E-state index is 11.5. The second-order valence-electron chi connectivity index (χ2n) is 4.36. The van der Waals surface area contributed by atoms with Crippen LogP contribution in [-0.4, -0.2) is 31.3 Å². The summed E-state index contributed by atoms with van der Waals surface area (Å²) in [5.41, 5.74) is -0.401. The van der Waals surface area contributed by atoms with Gasteiger partial charge in [0.05, 0.1) is 0 Å². The van der Waals surface area contributed by atoms with E-state index in [1.54, 1.807) is 13.8 Å². The fraction of sp³-hybridized carbons (Fsp3) is 0.333. The molecule has 0 amide bonds. The molecule has 7 heteroatoms. The van der Waals surface area contributed by atoms with Crippen molar-refractivity contribution in [3.63, 3.8) is 0 Å². The van der Waals surface area contributed by atoms with Crippen molar-refractivity contribution in [2.75, 3.05) is 0 Å². The summed E-state index contributed by atoms with van der Waals surface area (Å²) < 4.78 is 2.24. The van der Waals surface area contributed by atoms with Crippen molar-refractivity contribution < 1.29 is 9.90 Å². The molecule has 1 atom stereocenters. The Labute approximate surface area is 118 Å². The Morgan fingerprint density at radius 2 is 2.26 bits per heavy atom. The van der Waals surface area contributed by atoms with Crippen molar-refractivity contribution in [1.29, 1.82) is 0 Å². The quantitative estimate of drug-likeness (QED) is 0.933. The Morgan fingerprint density at radius 1 is 1.53 bits per heavy atom. The maximum atomic E-state index is 11.5. The molecule has 1 N–H and O–H groups in total. The number of benzene rings is 1. The highest BCUT2D eigenvalue weighted by molar-refractivity contribution is 9.10. The zero-order valence-corrected chi connectivity index (χ0v) is 12.1. The first-order chi connectivity index (χ1) is 8.99. The van der Waals surface area contributed by atoms with Crippen LogP contribution in [0.3, 0.4) is 0 Å². The van der Waals surface area contributed by atoms with Crippen LogP contribution in [0.4, 0.5) is 0 Å². The van der Waals surface area contributed by atoms with E-state index < -0.39 is 11.5 Å². The van der Waals surface area contributed by atoms with Gasteiger partial charge in [0, 0.05) is 10.0 Å². The third-order valence-electron chi connectivity index (χ3n) is 3.17. The molecule has 1 aromatic heterocycles. The maximum Gasteiger partial charge on any atom is 0.331 e. The molecule has 1 heterocycles. The first-order valence-electron chi connectivity index (χ1n) is 5.77. The van der Waals surface area contributed by atoms with Crippen LogP contribution in [0, 0.1) is 0 Å². The van der Waals surface area contributed by atoms with Crippen LogP contribution in [-0.2, 0) is 10.3 Å². The Bertz CT molecular complexity index is 613. The lowest BCUT2D eigenvalue weighted by Crippen LogP contribution is -2.39. The average Bonchev–Trinajstić information content (AvgIpc) is 2.87. The second kappa shape index (κ2) is 5.08. The summed E-state index contributed by atoms with van der Waals surface area (Å²) in [4.78, 5) is 11.5. The van der Waals surface area contributed by atoms with Gasteiger partial charge in [-0.25, -0.2) is 9.48 Å². The van der Waals surface area contributed by atoms with Gasteiger partial charge < -0.3 is 5.11 Å². The minimum absolute atomic E-state index is 0.383. The van der Waals surface area contributed by atoms with Crippen molar-refractivity contribution in [3.8, 4) is 11.4 Å². The minimum Gasteiger partial charge on any atom is -0.479 e. The van der Waals surface area contributed by atoms with Crippen LogP contribution in [0.15, 0.2) is 28.7 Å². The van der Waals surface area contributed by atoms with Gasteiger partial charge in [0.15, 0.2) is 11.4 Å². The lowest BCUT2D eigenvalue weighted by atomic mass is 9.99. The number of halogens is 1. The van der Waals surface area contributed by atoms with E-state index in [-0.39, 0.29) is 0 Å². The summed E-state index contributed by atoms with van der Waals surface area (Å²) in [6, 6.07) is 7.42. The van der Waals surface area contributed by atoms with E-state index >= 15 is 0 Å². The first-order valence-corrected chi connectivity index (χ1v) is 6.56. The third-order valence-corrected chi connectivity index (χ3v) is 3.66. The lowest BCUT2D eigenvalue weighted by molar-refractivity contribution is -0.147. The third kappa shape index (κ3) is 2.37. The molecule has 0 aliphatic heterocycles. The van der Waals surface area contributed by atoms with Crippen LogP contribution in [0.1, 0.15) is 20.3 Å². The second-order valence-corrected chi connectivity index (χ2v) is 5.27. The monoisotopic (exact) mass is 324 g/mol. The van der Waals surface area contributed by atoms with Crippen molar-refractivity contribution in [1.82, 2.24) is 20.2 Å². The largest absolute Gasteiger partial charge is 0.479 e. The summed E-state index contributed by atoms with van der Waals surface area (Å²) in [6.07, 6.45) is 0.383. The molecule has 19 heavy (non-hydrogen) atoms. The first kappa shape index (κ1) is 13.7. The van der Waals surface area contributed by atoms with Gasteiger partial charge in [-0.1, -0.05) is 35.0 Å². The minimum atomic E-state index is -1.17. The molecule has 0 radical (unpaired) electrons. The molecule has 0 saturated heterocycles. The molecule has 1 unspecified atom stereocenters. The molecule has 0 bridgehead atoms. The van der Waals surface area contributed by atoms with Crippen molar-refractivity contribution in [2.24, 2.45) is 0 Å². The van der Waals surface area contributed by atoms with E-state index in [9.17, 15) is 9.90 Å². The van der Waals surface area contributed by atoms with Crippen molar-refractivity contribution in [2.45, 2.75) is 25.8 Å². The van der Waals surface area contributed by atoms with E-state index in [0.29, 0.717) is 12.2 Å². The van der Waals surface area contributed by atoms with E-state index in [2.05, 4.69) is 31.5 Å². The summed E-state index contributed by atoms with van der Waals surface area (Å²) in [5.74, 6) is -0.522. The van der Waals surface area contributed by atoms with Crippen LogP contribution >= 0.6 is 15.9 Å². The molecule has 2 aromatic rings. The molecule has 0 aliphatic carbocycles. The lowest BCUT2D eigenvalue weighted by Gasteiger charge is -2.23. The van der Waals surface area contributed by atoms with Gasteiger partial charge in [0.25, 0.3) is 0 Å². The number of carbonyl (C=O) groups is 1. The highest BCUT2D eigenvalue weighted by Gasteiger charge is 2.37. The number of hydrogen-bond acceptors (Lipinski definition) is 4. The number of aromatic nitrogens is 4. The number of carboxylic acids is 1. The highest BCUT2D eigenvalue weighted by Crippen LogP contribution is 2.27. The van der Waals surface area contributed by atoms with E-state index in [4.69, 9.17) is 0 Å². The number of tetrazole rings is 1. The van der Waals surface area contributed by atoms with E-state index in [1.807, 2.05) is 24.3 Å². The number of aliphatic carboxylic acids is 1. The number of rotatable bonds is 4. The predicted octanol–water partition coefficient (Wildman–Crippen LogP) is 2.31. The summed E-state index contributed by atoms with van der Waals surface area (Å²) in [5, 5.41) is 20.8. The Morgan fingerprint density at radius 3 is 2.84 bits per heavy atom. The molecule has 0 spiro atoms. The molecular formula is C12H13BrN4O2. The summed E-state index contributed by atoms with van der Waals surface area (Å²) >= 11 is 3.37. The van der Waals surface area contributed by atoms with Crippen LogP contribution in [0.2, 0.25) is 0 Å². The van der Waals surface area contributed by atoms with Gasteiger partial charge in [-0.05, 0) is 35.9 Å². The van der Waals surface area contributed by atoms with Gasteiger partial charge >= 0.3 is 5.97 Å². The van der Waals surface area contributed by atoms with Gasteiger partial charge in [0.2, 0.25) is 0 Å². The van der Waals surface area contributed by atoms with E-state index in [1.165, 1.54) is 4.68 Å². The molecule has 0 saturated carbocycles. The van der Waals surface area contributed by atoms with E-state index in [0.717, 1.165) is 10.0 Å². The molecule has 1 aromatic carbocycles. The van der Waals surface area contributed by atoms with Crippen LogP contribution in [0.5, 0.6) is 0 Å². The number of nitrogens with zero attached hydrogens (tertiary/aromatic N) is 4.